The standard InChI is InChI=1S/C17H24N4O5/c1-17(2,3)26-16(23)20-9-5-4-6-13(20)15(22)19-11-7-8-12(18)14(10-11)21(24)25/h7-8,10,13H,4-6,9,18H2,1-3H3,(H,19,22). The first-order chi connectivity index (χ1) is 12.1. The number of amides is 2. The average Bonchev–Trinajstić information content (AvgIpc) is 2.54. The topological polar surface area (TPSA) is 128 Å². The second-order valence-corrected chi connectivity index (χ2v) is 7.21. The number of hydrogen-bond acceptors (Lipinski definition) is 6. The molecule has 2 amide bonds. The molecule has 9 nitrogen and oxygen atoms in total. The predicted octanol–water partition coefficient (Wildman–Crippen LogP) is 2.91. The number of carbonyl (C=O) groups excluding carboxylic acids is 2. The Bertz CT molecular complexity index is 714. The Morgan fingerprint density at radius 2 is 2.04 bits per heavy atom. The maximum Gasteiger partial charge on any atom is 0.410 e. The highest BCUT2D eigenvalue weighted by molar-refractivity contribution is 5.97. The van der Waals surface area contributed by atoms with Gasteiger partial charge < -0.3 is 15.8 Å². The molecule has 1 saturated heterocycles. The monoisotopic (exact) mass is 364 g/mol. The van der Waals surface area contributed by atoms with E-state index >= 15 is 0 Å². The fourth-order valence-corrected chi connectivity index (χ4v) is 2.75. The minimum atomic E-state index is -0.685. The molecule has 1 heterocycles. The molecule has 1 unspecified atom stereocenters. The van der Waals surface area contributed by atoms with Crippen molar-refractivity contribution in [3.63, 3.8) is 0 Å². The molecule has 0 radical (unpaired) electrons. The number of rotatable bonds is 3. The van der Waals surface area contributed by atoms with Gasteiger partial charge in [0.15, 0.2) is 0 Å². The Balaban J connectivity index is 2.15. The first kappa shape index (κ1) is 19.5. The predicted molar refractivity (Wildman–Crippen MR) is 96.7 cm³/mol. The molecule has 0 aliphatic carbocycles. The second-order valence-electron chi connectivity index (χ2n) is 7.21. The number of ether oxygens (including phenoxy) is 1. The Labute approximate surface area is 151 Å². The number of nitrogens with zero attached hydrogens (tertiary/aromatic N) is 2. The summed E-state index contributed by atoms with van der Waals surface area (Å²) in [5.74, 6) is -0.408. The molecule has 1 aromatic rings. The van der Waals surface area contributed by atoms with Crippen LogP contribution >= 0.6 is 0 Å². The van der Waals surface area contributed by atoms with Crippen molar-refractivity contribution in [3.8, 4) is 0 Å². The molecule has 0 aromatic heterocycles. The Morgan fingerprint density at radius 3 is 2.65 bits per heavy atom. The molecule has 1 fully saturated rings. The number of nitro groups is 1. The maximum atomic E-state index is 12.7. The van der Waals surface area contributed by atoms with Gasteiger partial charge in [-0.15, -0.1) is 0 Å². The summed E-state index contributed by atoms with van der Waals surface area (Å²) in [7, 11) is 0. The smallest absolute Gasteiger partial charge is 0.410 e. The number of anilines is 2. The highest BCUT2D eigenvalue weighted by Crippen LogP contribution is 2.26. The minimum Gasteiger partial charge on any atom is -0.444 e. The van der Waals surface area contributed by atoms with E-state index in [-0.39, 0.29) is 17.1 Å². The van der Waals surface area contributed by atoms with E-state index in [1.807, 2.05) is 0 Å². The minimum absolute atomic E-state index is 0.0149. The van der Waals surface area contributed by atoms with Crippen molar-refractivity contribution in [2.75, 3.05) is 17.6 Å². The van der Waals surface area contributed by atoms with Gasteiger partial charge in [0.1, 0.15) is 17.3 Å². The summed E-state index contributed by atoms with van der Waals surface area (Å²) < 4.78 is 5.38. The van der Waals surface area contributed by atoms with Gasteiger partial charge >= 0.3 is 6.09 Å². The highest BCUT2D eigenvalue weighted by atomic mass is 16.6. The van der Waals surface area contributed by atoms with Gasteiger partial charge in [0.05, 0.1) is 4.92 Å². The zero-order valence-electron chi connectivity index (χ0n) is 15.2. The summed E-state index contributed by atoms with van der Waals surface area (Å²) in [4.78, 5) is 36.8. The number of hydrogen-bond donors (Lipinski definition) is 2. The third-order valence-corrected chi connectivity index (χ3v) is 3.93. The molecule has 0 saturated carbocycles. The lowest BCUT2D eigenvalue weighted by Crippen LogP contribution is -2.51. The van der Waals surface area contributed by atoms with Gasteiger partial charge in [0, 0.05) is 18.3 Å². The van der Waals surface area contributed by atoms with Gasteiger partial charge in [-0.05, 0) is 52.2 Å². The lowest BCUT2D eigenvalue weighted by Gasteiger charge is -2.35. The van der Waals surface area contributed by atoms with E-state index in [1.54, 1.807) is 20.8 Å². The molecule has 0 spiro atoms. The molecule has 1 atom stereocenters. The van der Waals surface area contributed by atoms with Crippen LogP contribution in [0.4, 0.5) is 21.9 Å². The van der Waals surface area contributed by atoms with Crippen molar-refractivity contribution in [2.24, 2.45) is 0 Å². The number of nitrogens with one attached hydrogen (secondary N) is 1. The fourth-order valence-electron chi connectivity index (χ4n) is 2.75. The molecule has 26 heavy (non-hydrogen) atoms. The Morgan fingerprint density at radius 1 is 1.35 bits per heavy atom. The SMILES string of the molecule is CC(C)(C)OC(=O)N1CCCCC1C(=O)Nc1ccc(N)c([N+](=O)[O-])c1. The van der Waals surface area contributed by atoms with Crippen molar-refractivity contribution in [1.29, 1.82) is 0 Å². The quantitative estimate of drug-likeness (QED) is 0.482. The highest BCUT2D eigenvalue weighted by Gasteiger charge is 2.35. The number of nitro benzene ring substituents is 1. The van der Waals surface area contributed by atoms with Gasteiger partial charge in [-0.2, -0.15) is 0 Å². The van der Waals surface area contributed by atoms with Crippen LogP contribution < -0.4 is 11.1 Å². The van der Waals surface area contributed by atoms with E-state index in [4.69, 9.17) is 10.5 Å². The Hall–Kier alpha value is -2.84. The molecular weight excluding hydrogens is 340 g/mol. The average molecular weight is 364 g/mol. The van der Waals surface area contributed by atoms with Crippen LogP contribution in [-0.4, -0.2) is 40.0 Å². The van der Waals surface area contributed by atoms with Crippen molar-refractivity contribution in [3.05, 3.63) is 28.3 Å². The summed E-state index contributed by atoms with van der Waals surface area (Å²) >= 11 is 0. The second kappa shape index (κ2) is 7.59. The van der Waals surface area contributed by atoms with Crippen LogP contribution in [0.2, 0.25) is 0 Å². The summed E-state index contributed by atoms with van der Waals surface area (Å²) in [5, 5.41) is 13.6. The van der Waals surface area contributed by atoms with E-state index in [2.05, 4.69) is 5.32 Å². The number of piperidine rings is 1. The van der Waals surface area contributed by atoms with Gasteiger partial charge in [-0.1, -0.05) is 0 Å². The van der Waals surface area contributed by atoms with Crippen molar-refractivity contribution in [1.82, 2.24) is 4.90 Å². The third kappa shape index (κ3) is 4.84. The number of likely N-dealkylation sites (tertiary alicyclic amines) is 1. The van der Waals surface area contributed by atoms with Crippen molar-refractivity contribution < 1.29 is 19.2 Å². The van der Waals surface area contributed by atoms with Crippen LogP contribution in [-0.2, 0) is 9.53 Å². The molecule has 142 valence electrons. The zero-order chi connectivity index (χ0) is 19.5. The largest absolute Gasteiger partial charge is 0.444 e. The number of nitrogens with two attached hydrogens (primary N) is 1. The summed E-state index contributed by atoms with van der Waals surface area (Å²) in [6.07, 6.45) is 1.55. The molecule has 3 N–H and O–H groups in total. The van der Waals surface area contributed by atoms with E-state index in [0.717, 1.165) is 12.8 Å². The molecule has 1 aromatic carbocycles. The van der Waals surface area contributed by atoms with Crippen LogP contribution in [0.3, 0.4) is 0 Å². The number of carbonyl (C=O) groups is 2. The zero-order valence-corrected chi connectivity index (χ0v) is 15.2. The molecule has 1 aliphatic rings. The van der Waals surface area contributed by atoms with Crippen molar-refractivity contribution in [2.45, 2.75) is 51.7 Å². The van der Waals surface area contributed by atoms with Gasteiger partial charge in [0.25, 0.3) is 5.69 Å². The van der Waals surface area contributed by atoms with Crippen LogP contribution in [0.25, 0.3) is 0 Å². The van der Waals surface area contributed by atoms with E-state index < -0.39 is 28.6 Å². The van der Waals surface area contributed by atoms with Gasteiger partial charge in [-0.25, -0.2) is 4.79 Å². The summed E-state index contributed by atoms with van der Waals surface area (Å²) in [5.41, 5.74) is 4.89. The molecule has 0 bridgehead atoms. The normalized spacial score (nSPS) is 17.5. The Kier molecular flexibility index (Phi) is 5.69. The molecule has 9 heteroatoms. The van der Waals surface area contributed by atoms with Crippen LogP contribution in [0.5, 0.6) is 0 Å². The summed E-state index contributed by atoms with van der Waals surface area (Å²) in [6.45, 7) is 5.71. The number of benzene rings is 1. The van der Waals surface area contributed by atoms with Crippen molar-refractivity contribution >= 4 is 29.1 Å². The van der Waals surface area contributed by atoms with E-state index in [9.17, 15) is 19.7 Å². The fraction of sp³-hybridized carbons (Fsp3) is 0.529. The summed E-state index contributed by atoms with van der Waals surface area (Å²) in [6, 6.07) is 3.37. The van der Waals surface area contributed by atoms with Gasteiger partial charge in [0.2, 0.25) is 5.91 Å². The first-order valence-corrected chi connectivity index (χ1v) is 8.43. The molecule has 1 aliphatic heterocycles. The van der Waals surface area contributed by atoms with E-state index in [0.29, 0.717) is 13.0 Å². The van der Waals surface area contributed by atoms with Gasteiger partial charge in [-0.3, -0.25) is 19.8 Å². The maximum absolute atomic E-state index is 12.7. The third-order valence-electron chi connectivity index (χ3n) is 3.93. The lowest BCUT2D eigenvalue weighted by molar-refractivity contribution is -0.383. The van der Waals surface area contributed by atoms with Crippen LogP contribution in [0.1, 0.15) is 40.0 Å². The van der Waals surface area contributed by atoms with E-state index in [1.165, 1.54) is 23.1 Å². The lowest BCUT2D eigenvalue weighted by atomic mass is 10.0. The molecule has 2 rings (SSSR count). The first-order valence-electron chi connectivity index (χ1n) is 8.43. The van der Waals surface area contributed by atoms with Crippen LogP contribution in [0.15, 0.2) is 18.2 Å². The van der Waals surface area contributed by atoms with Crippen LogP contribution in [0, 0.1) is 10.1 Å². The molecular formula is C17H24N4O5. The number of nitrogen functional groups attached to an aromatic ring is 1.